The minimum absolute atomic E-state index is 0.867. The fraction of sp³-hybridized carbons (Fsp3) is 1.00. The highest BCUT2D eigenvalue weighted by Crippen LogP contribution is 2.28. The SMILES string of the molecule is CCCCCCCC(I)[N+]1(C)CCCC1. The van der Waals surface area contributed by atoms with Crippen molar-refractivity contribution in [3.63, 3.8) is 0 Å². The second-order valence-electron chi connectivity index (χ2n) is 5.27. The summed E-state index contributed by atoms with van der Waals surface area (Å²) in [4.78, 5) is 0. The van der Waals surface area contributed by atoms with Crippen molar-refractivity contribution in [2.45, 2.75) is 62.3 Å². The van der Waals surface area contributed by atoms with E-state index < -0.39 is 0 Å². The zero-order chi connectivity index (χ0) is 11.1. The van der Waals surface area contributed by atoms with Gasteiger partial charge >= 0.3 is 0 Å². The van der Waals surface area contributed by atoms with Crippen LogP contribution in [0.4, 0.5) is 0 Å². The Morgan fingerprint density at radius 1 is 1.07 bits per heavy atom. The molecule has 1 fully saturated rings. The summed E-state index contributed by atoms with van der Waals surface area (Å²) >= 11 is 2.69. The van der Waals surface area contributed by atoms with Crippen LogP contribution in [0.5, 0.6) is 0 Å². The lowest BCUT2D eigenvalue weighted by atomic mass is 10.1. The molecule has 1 unspecified atom stereocenters. The molecule has 0 aromatic carbocycles. The molecule has 1 heterocycles. The Labute approximate surface area is 109 Å². The van der Waals surface area contributed by atoms with Crippen molar-refractivity contribution in [2.24, 2.45) is 0 Å². The van der Waals surface area contributed by atoms with Gasteiger partial charge in [0.15, 0.2) is 0 Å². The van der Waals surface area contributed by atoms with Gasteiger partial charge in [-0.1, -0.05) is 32.6 Å². The fourth-order valence-electron chi connectivity index (χ4n) is 2.57. The largest absolute Gasteiger partial charge is 0.316 e. The topological polar surface area (TPSA) is 0 Å². The standard InChI is InChI=1S/C13H27IN/c1-3-4-5-6-7-10-13(14)15(2)11-8-9-12-15/h13H,3-12H2,1-2H3/q+1. The van der Waals surface area contributed by atoms with Crippen molar-refractivity contribution in [1.82, 2.24) is 0 Å². The lowest BCUT2D eigenvalue weighted by Crippen LogP contribution is -2.46. The molecule has 0 N–H and O–H groups in total. The molecule has 0 radical (unpaired) electrons. The van der Waals surface area contributed by atoms with Gasteiger partial charge < -0.3 is 4.48 Å². The van der Waals surface area contributed by atoms with Gasteiger partial charge in [0.1, 0.15) is 4.05 Å². The number of halogens is 1. The van der Waals surface area contributed by atoms with Gasteiger partial charge in [0, 0.05) is 19.3 Å². The molecule has 0 aliphatic carbocycles. The molecule has 1 nitrogen and oxygen atoms in total. The Morgan fingerprint density at radius 2 is 1.67 bits per heavy atom. The van der Waals surface area contributed by atoms with Gasteiger partial charge in [-0.15, -0.1) is 0 Å². The summed E-state index contributed by atoms with van der Waals surface area (Å²) in [5, 5.41) is 0. The fourth-order valence-corrected chi connectivity index (χ4v) is 3.56. The molecule has 0 amide bonds. The van der Waals surface area contributed by atoms with Crippen LogP contribution in [0.2, 0.25) is 0 Å². The number of alkyl halides is 1. The lowest BCUT2D eigenvalue weighted by Gasteiger charge is -2.34. The number of unbranched alkanes of at least 4 members (excludes halogenated alkanes) is 4. The zero-order valence-corrected chi connectivity index (χ0v) is 12.6. The van der Waals surface area contributed by atoms with Crippen LogP contribution < -0.4 is 0 Å². The summed E-state index contributed by atoms with van der Waals surface area (Å²) in [6, 6.07) is 0. The predicted molar refractivity (Wildman–Crippen MR) is 76.3 cm³/mol. The third kappa shape index (κ3) is 4.59. The highest BCUT2D eigenvalue weighted by atomic mass is 127. The van der Waals surface area contributed by atoms with Gasteiger partial charge in [-0.05, 0) is 29.0 Å². The van der Waals surface area contributed by atoms with E-state index in [2.05, 4.69) is 36.6 Å². The zero-order valence-electron chi connectivity index (χ0n) is 10.5. The van der Waals surface area contributed by atoms with E-state index in [-0.39, 0.29) is 0 Å². The molecular formula is C13H27IN+. The maximum atomic E-state index is 2.69. The molecule has 1 saturated heterocycles. The molecule has 0 bridgehead atoms. The summed E-state index contributed by atoms with van der Waals surface area (Å²) in [6.45, 7) is 5.13. The molecule has 90 valence electrons. The molecule has 1 aliphatic rings. The summed E-state index contributed by atoms with van der Waals surface area (Å²) in [5.41, 5.74) is 0. The van der Waals surface area contributed by atoms with E-state index in [0.717, 1.165) is 4.05 Å². The third-order valence-corrected chi connectivity index (χ3v) is 5.78. The van der Waals surface area contributed by atoms with Gasteiger partial charge in [0.2, 0.25) is 0 Å². The van der Waals surface area contributed by atoms with Crippen molar-refractivity contribution in [2.75, 3.05) is 20.1 Å². The number of quaternary nitrogens is 1. The van der Waals surface area contributed by atoms with E-state index in [0.29, 0.717) is 0 Å². The predicted octanol–water partition coefficient (Wildman–Crippen LogP) is 4.35. The van der Waals surface area contributed by atoms with E-state index in [9.17, 15) is 0 Å². The molecule has 0 aromatic heterocycles. The Bertz CT molecular complexity index is 164. The molecule has 1 aliphatic heterocycles. The van der Waals surface area contributed by atoms with Gasteiger partial charge in [0.05, 0.1) is 20.1 Å². The minimum atomic E-state index is 0.867. The lowest BCUT2D eigenvalue weighted by molar-refractivity contribution is -0.903. The summed E-state index contributed by atoms with van der Waals surface area (Å²) in [6.07, 6.45) is 11.5. The molecule has 0 aromatic rings. The molecule has 1 atom stereocenters. The van der Waals surface area contributed by atoms with Gasteiger partial charge in [-0.2, -0.15) is 0 Å². The average molecular weight is 324 g/mol. The Hall–Kier alpha value is 0.690. The monoisotopic (exact) mass is 324 g/mol. The van der Waals surface area contributed by atoms with Crippen LogP contribution in [0.1, 0.15) is 58.3 Å². The summed E-state index contributed by atoms with van der Waals surface area (Å²) in [7, 11) is 2.45. The van der Waals surface area contributed by atoms with E-state index in [1.165, 1.54) is 68.9 Å². The number of hydrogen-bond donors (Lipinski definition) is 0. The number of likely N-dealkylation sites (tertiary alicyclic amines) is 1. The Balaban J connectivity index is 2.09. The third-order valence-electron chi connectivity index (χ3n) is 3.81. The maximum absolute atomic E-state index is 2.69. The number of nitrogens with zero attached hydrogens (tertiary/aromatic N) is 1. The summed E-state index contributed by atoms with van der Waals surface area (Å²) < 4.78 is 2.21. The van der Waals surface area contributed by atoms with E-state index in [1.54, 1.807) is 0 Å². The first-order valence-corrected chi connectivity index (χ1v) is 7.92. The van der Waals surface area contributed by atoms with Crippen molar-refractivity contribution in [1.29, 1.82) is 0 Å². The smallest absolute Gasteiger partial charge is 0.139 e. The maximum Gasteiger partial charge on any atom is 0.139 e. The minimum Gasteiger partial charge on any atom is -0.316 e. The molecule has 15 heavy (non-hydrogen) atoms. The second-order valence-corrected chi connectivity index (χ2v) is 6.71. The van der Waals surface area contributed by atoms with Crippen LogP contribution in [0, 0.1) is 0 Å². The second kappa shape index (κ2) is 7.10. The quantitative estimate of drug-likeness (QED) is 0.215. The molecule has 0 spiro atoms. The van der Waals surface area contributed by atoms with Crippen LogP contribution in [-0.4, -0.2) is 28.7 Å². The van der Waals surface area contributed by atoms with Crippen LogP contribution in [0.15, 0.2) is 0 Å². The number of hydrogen-bond acceptors (Lipinski definition) is 0. The Kier molecular flexibility index (Phi) is 6.51. The van der Waals surface area contributed by atoms with Gasteiger partial charge in [-0.25, -0.2) is 0 Å². The van der Waals surface area contributed by atoms with Gasteiger partial charge in [0.25, 0.3) is 0 Å². The average Bonchev–Trinajstić information content (AvgIpc) is 2.66. The van der Waals surface area contributed by atoms with Crippen LogP contribution >= 0.6 is 22.6 Å². The van der Waals surface area contributed by atoms with Crippen LogP contribution in [0.25, 0.3) is 0 Å². The molecular weight excluding hydrogens is 297 g/mol. The van der Waals surface area contributed by atoms with Crippen molar-refractivity contribution < 1.29 is 4.48 Å². The first-order chi connectivity index (χ1) is 7.19. The van der Waals surface area contributed by atoms with Crippen molar-refractivity contribution in [3.8, 4) is 0 Å². The molecule has 0 saturated carbocycles. The highest BCUT2D eigenvalue weighted by Gasteiger charge is 2.33. The first-order valence-electron chi connectivity index (χ1n) is 6.67. The number of rotatable bonds is 7. The van der Waals surface area contributed by atoms with E-state index >= 15 is 0 Å². The molecule has 2 heteroatoms. The molecule has 1 rings (SSSR count). The van der Waals surface area contributed by atoms with Crippen molar-refractivity contribution in [3.05, 3.63) is 0 Å². The highest BCUT2D eigenvalue weighted by molar-refractivity contribution is 14.1. The Morgan fingerprint density at radius 3 is 2.27 bits per heavy atom. The first kappa shape index (κ1) is 13.8. The normalized spacial score (nSPS) is 21.8. The summed E-state index contributed by atoms with van der Waals surface area (Å²) in [5.74, 6) is 0. The van der Waals surface area contributed by atoms with E-state index in [4.69, 9.17) is 0 Å². The van der Waals surface area contributed by atoms with E-state index in [1.807, 2.05) is 0 Å². The van der Waals surface area contributed by atoms with Crippen LogP contribution in [0.3, 0.4) is 0 Å². The van der Waals surface area contributed by atoms with Gasteiger partial charge in [-0.3, -0.25) is 0 Å². The van der Waals surface area contributed by atoms with Crippen LogP contribution in [-0.2, 0) is 0 Å². The van der Waals surface area contributed by atoms with Crippen molar-refractivity contribution >= 4 is 22.6 Å².